The van der Waals surface area contributed by atoms with Gasteiger partial charge in [0, 0.05) is 11.3 Å². The van der Waals surface area contributed by atoms with Crippen molar-refractivity contribution in [2.75, 3.05) is 12.8 Å². The topological polar surface area (TPSA) is 35.2 Å². The fourth-order valence-electron chi connectivity index (χ4n) is 1.31. The lowest BCUT2D eigenvalue weighted by Crippen LogP contribution is -2.13. The van der Waals surface area contributed by atoms with E-state index in [9.17, 15) is 0 Å². The predicted molar refractivity (Wildman–Crippen MR) is 56.1 cm³/mol. The Kier molecular flexibility index (Phi) is 2.50. The van der Waals surface area contributed by atoms with E-state index in [0.29, 0.717) is 0 Å². The van der Waals surface area contributed by atoms with Crippen molar-refractivity contribution >= 4 is 5.69 Å². The summed E-state index contributed by atoms with van der Waals surface area (Å²) in [5.74, 6) is 0.904. The molecule has 0 unspecified atom stereocenters. The quantitative estimate of drug-likeness (QED) is 0.672. The van der Waals surface area contributed by atoms with Gasteiger partial charge in [-0.25, -0.2) is 0 Å². The molecule has 0 heterocycles. The van der Waals surface area contributed by atoms with Gasteiger partial charge in [-0.1, -0.05) is 20.8 Å². The summed E-state index contributed by atoms with van der Waals surface area (Å²) in [6.07, 6.45) is 0. The SMILES string of the molecule is COc1ccc(N)cc1C(C)(C)C. The van der Waals surface area contributed by atoms with Gasteiger partial charge >= 0.3 is 0 Å². The van der Waals surface area contributed by atoms with Crippen LogP contribution in [-0.4, -0.2) is 7.11 Å². The highest BCUT2D eigenvalue weighted by Crippen LogP contribution is 2.32. The van der Waals surface area contributed by atoms with Crippen LogP contribution in [0, 0.1) is 0 Å². The van der Waals surface area contributed by atoms with Crippen molar-refractivity contribution < 1.29 is 4.74 Å². The fourth-order valence-corrected chi connectivity index (χ4v) is 1.31. The van der Waals surface area contributed by atoms with Crippen LogP contribution in [0.2, 0.25) is 0 Å². The van der Waals surface area contributed by atoms with E-state index < -0.39 is 0 Å². The van der Waals surface area contributed by atoms with Crippen LogP contribution in [0.1, 0.15) is 26.3 Å². The largest absolute Gasteiger partial charge is 0.496 e. The lowest BCUT2D eigenvalue weighted by molar-refractivity contribution is 0.397. The fraction of sp³-hybridized carbons (Fsp3) is 0.455. The molecule has 0 radical (unpaired) electrons. The number of benzene rings is 1. The van der Waals surface area contributed by atoms with Gasteiger partial charge in [0.25, 0.3) is 0 Å². The van der Waals surface area contributed by atoms with Crippen LogP contribution in [0.5, 0.6) is 5.75 Å². The van der Waals surface area contributed by atoms with Crippen LogP contribution in [0.4, 0.5) is 5.69 Å². The second kappa shape index (κ2) is 3.29. The molecule has 0 aliphatic heterocycles. The van der Waals surface area contributed by atoms with Crippen LogP contribution in [0.15, 0.2) is 18.2 Å². The second-order valence-corrected chi connectivity index (χ2v) is 4.21. The first-order valence-corrected chi connectivity index (χ1v) is 4.39. The summed E-state index contributed by atoms with van der Waals surface area (Å²) in [6, 6.07) is 5.74. The Morgan fingerprint density at radius 2 is 1.85 bits per heavy atom. The minimum atomic E-state index is 0.0702. The zero-order valence-electron chi connectivity index (χ0n) is 8.72. The summed E-state index contributed by atoms with van der Waals surface area (Å²) in [5, 5.41) is 0. The number of hydrogen-bond acceptors (Lipinski definition) is 2. The molecule has 0 aliphatic carbocycles. The van der Waals surface area contributed by atoms with Crippen LogP contribution < -0.4 is 10.5 Å². The highest BCUT2D eigenvalue weighted by molar-refractivity contribution is 5.50. The van der Waals surface area contributed by atoms with Crippen molar-refractivity contribution in [1.82, 2.24) is 0 Å². The van der Waals surface area contributed by atoms with Gasteiger partial charge < -0.3 is 10.5 Å². The van der Waals surface area contributed by atoms with Crippen molar-refractivity contribution in [2.45, 2.75) is 26.2 Å². The molecule has 1 rings (SSSR count). The Morgan fingerprint density at radius 1 is 1.23 bits per heavy atom. The summed E-state index contributed by atoms with van der Waals surface area (Å²) in [5.41, 5.74) is 7.72. The summed E-state index contributed by atoms with van der Waals surface area (Å²) in [4.78, 5) is 0. The summed E-state index contributed by atoms with van der Waals surface area (Å²) < 4.78 is 5.27. The summed E-state index contributed by atoms with van der Waals surface area (Å²) in [7, 11) is 1.68. The lowest BCUT2D eigenvalue weighted by Gasteiger charge is -2.22. The maximum Gasteiger partial charge on any atom is 0.122 e. The first-order chi connectivity index (χ1) is 5.95. The van der Waals surface area contributed by atoms with Gasteiger partial charge in [0.15, 0.2) is 0 Å². The van der Waals surface area contributed by atoms with Gasteiger partial charge in [0.1, 0.15) is 5.75 Å². The van der Waals surface area contributed by atoms with Gasteiger partial charge in [0.05, 0.1) is 7.11 Å². The average Bonchev–Trinajstić information content (AvgIpc) is 2.03. The maximum atomic E-state index is 5.72. The number of nitrogen functional groups attached to an aromatic ring is 1. The zero-order chi connectivity index (χ0) is 10.1. The second-order valence-electron chi connectivity index (χ2n) is 4.21. The van der Waals surface area contributed by atoms with E-state index in [-0.39, 0.29) is 5.41 Å². The van der Waals surface area contributed by atoms with E-state index in [1.807, 2.05) is 18.2 Å². The molecule has 0 aromatic heterocycles. The number of rotatable bonds is 1. The van der Waals surface area contributed by atoms with Gasteiger partial charge in [0.2, 0.25) is 0 Å². The molecule has 0 aliphatic rings. The van der Waals surface area contributed by atoms with Crippen molar-refractivity contribution in [1.29, 1.82) is 0 Å². The molecule has 0 bridgehead atoms. The molecule has 2 heteroatoms. The first-order valence-electron chi connectivity index (χ1n) is 4.39. The molecule has 2 N–H and O–H groups in total. The zero-order valence-corrected chi connectivity index (χ0v) is 8.72. The van der Waals surface area contributed by atoms with Gasteiger partial charge in [-0.3, -0.25) is 0 Å². The van der Waals surface area contributed by atoms with Gasteiger partial charge in [-0.2, -0.15) is 0 Å². The molecule has 13 heavy (non-hydrogen) atoms. The third kappa shape index (κ3) is 2.14. The molecular weight excluding hydrogens is 162 g/mol. The third-order valence-electron chi connectivity index (χ3n) is 2.03. The van der Waals surface area contributed by atoms with Crippen LogP contribution in [-0.2, 0) is 5.41 Å². The van der Waals surface area contributed by atoms with Gasteiger partial charge in [-0.05, 0) is 23.6 Å². The normalized spacial score (nSPS) is 11.4. The molecule has 1 aromatic carbocycles. The van der Waals surface area contributed by atoms with Crippen LogP contribution >= 0.6 is 0 Å². The molecule has 2 nitrogen and oxygen atoms in total. The average molecular weight is 179 g/mol. The monoisotopic (exact) mass is 179 g/mol. The number of hydrogen-bond donors (Lipinski definition) is 1. The smallest absolute Gasteiger partial charge is 0.122 e. The number of nitrogens with two attached hydrogens (primary N) is 1. The molecule has 0 fully saturated rings. The lowest BCUT2D eigenvalue weighted by atomic mass is 9.86. The minimum Gasteiger partial charge on any atom is -0.496 e. The molecular formula is C11H17NO. The maximum absolute atomic E-state index is 5.72. The van der Waals surface area contributed by atoms with E-state index in [2.05, 4.69) is 20.8 Å². The van der Waals surface area contributed by atoms with E-state index in [1.54, 1.807) is 7.11 Å². The Labute approximate surface area is 79.7 Å². The molecule has 0 amide bonds. The Hall–Kier alpha value is -1.18. The molecule has 0 saturated heterocycles. The highest BCUT2D eigenvalue weighted by atomic mass is 16.5. The molecule has 0 saturated carbocycles. The van der Waals surface area contributed by atoms with Gasteiger partial charge in [-0.15, -0.1) is 0 Å². The first kappa shape index (κ1) is 9.90. The molecule has 1 aromatic rings. The Morgan fingerprint density at radius 3 is 2.31 bits per heavy atom. The van der Waals surface area contributed by atoms with E-state index in [1.165, 1.54) is 0 Å². The number of anilines is 1. The predicted octanol–water partition coefficient (Wildman–Crippen LogP) is 2.57. The van der Waals surface area contributed by atoms with Crippen molar-refractivity contribution in [3.8, 4) is 5.75 Å². The summed E-state index contributed by atoms with van der Waals surface area (Å²) in [6.45, 7) is 6.43. The highest BCUT2D eigenvalue weighted by Gasteiger charge is 2.18. The number of methoxy groups -OCH3 is 1. The Bertz CT molecular complexity index is 299. The molecule has 72 valence electrons. The minimum absolute atomic E-state index is 0.0702. The van der Waals surface area contributed by atoms with Crippen molar-refractivity contribution in [2.24, 2.45) is 0 Å². The van der Waals surface area contributed by atoms with Crippen molar-refractivity contribution in [3.05, 3.63) is 23.8 Å². The molecule has 0 spiro atoms. The standard InChI is InChI=1S/C11H17NO/c1-11(2,3)9-7-8(12)5-6-10(9)13-4/h5-7H,12H2,1-4H3. The van der Waals surface area contributed by atoms with Crippen LogP contribution in [0.25, 0.3) is 0 Å². The van der Waals surface area contributed by atoms with E-state index in [4.69, 9.17) is 10.5 Å². The van der Waals surface area contributed by atoms with Crippen LogP contribution in [0.3, 0.4) is 0 Å². The van der Waals surface area contributed by atoms with E-state index >= 15 is 0 Å². The van der Waals surface area contributed by atoms with E-state index in [0.717, 1.165) is 17.0 Å². The third-order valence-corrected chi connectivity index (χ3v) is 2.03. The van der Waals surface area contributed by atoms with Crippen molar-refractivity contribution in [3.63, 3.8) is 0 Å². The number of ether oxygens (including phenoxy) is 1. The molecule has 0 atom stereocenters. The summed E-state index contributed by atoms with van der Waals surface area (Å²) >= 11 is 0. The Balaban J connectivity index is 3.24.